The van der Waals surface area contributed by atoms with Crippen LogP contribution in [0.5, 0.6) is 0 Å². The van der Waals surface area contributed by atoms with Crippen molar-refractivity contribution in [2.75, 3.05) is 10.2 Å². The number of hydrogen-bond acceptors (Lipinski definition) is 2. The standard InChI is InChI=1S/C69H65N3.C2H6/c1-12-23-47(67(5,6)7)40-46(4)52-38-39-59-55(65(52)70-48-24-15-13-16-25-48)36-37-56-61(69(59,10)11)43-63(64-57-29-20-22-31-62(57)72(66(56)64)49-26-17-14-18-27-49)71(50-33-32-44(2)45(3)41-50)51-34-35-54-53-28-19-21-30-58(53)68(8,9)60(54)42-51;1-2/h12-43,70H,4H2,1-3,5-11H3;1-2H3/b23-12-,47-40+;. The van der Waals surface area contributed by atoms with E-state index < -0.39 is 5.41 Å². The van der Waals surface area contributed by atoms with Crippen LogP contribution in [-0.4, -0.2) is 4.57 Å². The number of hydrogen-bond donors (Lipinski definition) is 1. The van der Waals surface area contributed by atoms with Crippen molar-refractivity contribution in [1.29, 1.82) is 0 Å². The fourth-order valence-corrected chi connectivity index (χ4v) is 11.7. The van der Waals surface area contributed by atoms with E-state index in [0.29, 0.717) is 0 Å². The summed E-state index contributed by atoms with van der Waals surface area (Å²) in [5, 5.41) is 6.37. The normalized spacial score (nSPS) is 14.2. The first-order chi connectivity index (χ1) is 35.6. The highest BCUT2D eigenvalue weighted by molar-refractivity contribution is 6.20. The molecule has 370 valence electrons. The Balaban J connectivity index is 0.00000309. The van der Waals surface area contributed by atoms with E-state index in [9.17, 15) is 0 Å². The van der Waals surface area contributed by atoms with Crippen molar-refractivity contribution in [2.45, 2.75) is 93.9 Å². The summed E-state index contributed by atoms with van der Waals surface area (Å²) < 4.78 is 2.51. The zero-order chi connectivity index (χ0) is 52.3. The van der Waals surface area contributed by atoms with Crippen LogP contribution in [0.15, 0.2) is 194 Å². The van der Waals surface area contributed by atoms with Crippen LogP contribution in [0.4, 0.5) is 28.4 Å². The number of aromatic nitrogens is 1. The molecular weight excluding hydrogens is 895 g/mol. The van der Waals surface area contributed by atoms with Gasteiger partial charge in [-0.3, -0.25) is 0 Å². The molecule has 11 rings (SSSR count). The van der Waals surface area contributed by atoms with E-state index in [-0.39, 0.29) is 10.8 Å². The summed E-state index contributed by atoms with van der Waals surface area (Å²) in [4.78, 5) is 2.56. The van der Waals surface area contributed by atoms with Gasteiger partial charge in [-0.2, -0.15) is 0 Å². The van der Waals surface area contributed by atoms with Gasteiger partial charge in [0.15, 0.2) is 0 Å². The van der Waals surface area contributed by atoms with Crippen LogP contribution in [0.3, 0.4) is 0 Å². The highest BCUT2D eigenvalue weighted by Crippen LogP contribution is 2.55. The molecule has 2 aliphatic rings. The largest absolute Gasteiger partial charge is 0.355 e. The topological polar surface area (TPSA) is 20.2 Å². The molecule has 74 heavy (non-hydrogen) atoms. The Morgan fingerprint density at radius 1 is 0.608 bits per heavy atom. The maximum absolute atomic E-state index is 4.78. The number of fused-ring (bicyclic) bond motifs is 9. The van der Waals surface area contributed by atoms with Gasteiger partial charge < -0.3 is 14.8 Å². The third-order valence-corrected chi connectivity index (χ3v) is 15.7. The van der Waals surface area contributed by atoms with Gasteiger partial charge in [0.05, 0.1) is 22.4 Å². The van der Waals surface area contributed by atoms with Crippen molar-refractivity contribution in [1.82, 2.24) is 4.57 Å². The molecule has 2 aliphatic carbocycles. The van der Waals surface area contributed by atoms with E-state index in [1.165, 1.54) is 77.5 Å². The number of rotatable bonds is 9. The molecule has 0 amide bonds. The van der Waals surface area contributed by atoms with Crippen molar-refractivity contribution >= 4 is 68.0 Å². The summed E-state index contributed by atoms with van der Waals surface area (Å²) in [6, 6.07) is 60.8. The number of para-hydroxylation sites is 3. The molecule has 3 heteroatoms. The van der Waals surface area contributed by atoms with Gasteiger partial charge in [0.1, 0.15) is 0 Å². The van der Waals surface area contributed by atoms with Gasteiger partial charge >= 0.3 is 0 Å². The predicted octanol–water partition coefficient (Wildman–Crippen LogP) is 20.3. The van der Waals surface area contributed by atoms with Crippen molar-refractivity contribution < 1.29 is 0 Å². The Morgan fingerprint density at radius 3 is 1.95 bits per heavy atom. The van der Waals surface area contributed by atoms with Crippen molar-refractivity contribution in [3.8, 4) is 16.8 Å². The van der Waals surface area contributed by atoms with E-state index in [1.54, 1.807) is 0 Å². The lowest BCUT2D eigenvalue weighted by atomic mass is 9.74. The number of nitrogens with one attached hydrogen (secondary N) is 1. The highest BCUT2D eigenvalue weighted by atomic mass is 15.1. The zero-order valence-electron chi connectivity index (χ0n) is 45.6. The summed E-state index contributed by atoms with van der Waals surface area (Å²) in [7, 11) is 0. The summed E-state index contributed by atoms with van der Waals surface area (Å²) in [6.45, 7) is 31.7. The zero-order valence-corrected chi connectivity index (χ0v) is 45.6. The van der Waals surface area contributed by atoms with Gasteiger partial charge in [-0.1, -0.05) is 202 Å². The lowest BCUT2D eigenvalue weighted by molar-refractivity contribution is 0.517. The molecule has 1 N–H and O–H groups in total. The second-order valence-corrected chi connectivity index (χ2v) is 22.0. The molecule has 0 unspecified atom stereocenters. The van der Waals surface area contributed by atoms with Gasteiger partial charge in [-0.25, -0.2) is 0 Å². The molecular formula is C71H71N3. The van der Waals surface area contributed by atoms with Crippen molar-refractivity contribution in [3.63, 3.8) is 0 Å². The monoisotopic (exact) mass is 966 g/mol. The number of benzene rings is 8. The Hall–Kier alpha value is -7.88. The molecule has 0 atom stereocenters. The molecule has 0 saturated carbocycles. The number of anilines is 5. The first-order valence-corrected chi connectivity index (χ1v) is 26.6. The van der Waals surface area contributed by atoms with Crippen LogP contribution in [-0.2, 0) is 10.8 Å². The number of aryl methyl sites for hydroxylation is 2. The number of nitrogens with zero attached hydrogens (tertiary/aromatic N) is 2. The maximum Gasteiger partial charge on any atom is 0.0637 e. The van der Waals surface area contributed by atoms with Gasteiger partial charge in [0.2, 0.25) is 0 Å². The SMILES string of the molecule is C=C(/C=C(\C=C/C)C(C)(C)C)c1ccc2c(c1Nc1ccccc1)C=Cc1c(cc(N(c3ccc(C)c(C)c3)c3ccc4c(c3)C(C)(C)c3ccccc3-4)c3c4ccccc4n(-c4ccccc4)c13)C2(C)C.CC. The Labute approximate surface area is 440 Å². The van der Waals surface area contributed by atoms with Gasteiger partial charge in [-0.15, -0.1) is 0 Å². The first-order valence-electron chi connectivity index (χ1n) is 26.6. The fraction of sp³-hybridized carbons (Fsp3) is 0.211. The average molecular weight is 966 g/mol. The van der Waals surface area contributed by atoms with Gasteiger partial charge in [0.25, 0.3) is 0 Å². The van der Waals surface area contributed by atoms with Gasteiger partial charge in [-0.05, 0) is 143 Å². The minimum absolute atomic E-state index is 0.0653. The Kier molecular flexibility index (Phi) is 12.9. The van der Waals surface area contributed by atoms with E-state index >= 15 is 0 Å². The molecule has 9 aromatic rings. The lowest BCUT2D eigenvalue weighted by Gasteiger charge is -2.34. The summed E-state index contributed by atoms with van der Waals surface area (Å²) in [5.74, 6) is 0. The van der Waals surface area contributed by atoms with Crippen LogP contribution in [0.25, 0.3) is 56.3 Å². The quantitative estimate of drug-likeness (QED) is 0.146. The molecule has 0 spiro atoms. The third-order valence-electron chi connectivity index (χ3n) is 15.7. The second kappa shape index (κ2) is 19.2. The van der Waals surface area contributed by atoms with Crippen molar-refractivity contribution in [3.05, 3.63) is 244 Å². The second-order valence-electron chi connectivity index (χ2n) is 22.0. The minimum Gasteiger partial charge on any atom is -0.355 e. The van der Waals surface area contributed by atoms with Crippen LogP contribution >= 0.6 is 0 Å². The van der Waals surface area contributed by atoms with Crippen LogP contribution in [0.2, 0.25) is 0 Å². The molecule has 0 saturated heterocycles. The molecule has 0 fully saturated rings. The van der Waals surface area contributed by atoms with Crippen molar-refractivity contribution in [2.24, 2.45) is 5.41 Å². The van der Waals surface area contributed by atoms with Crippen LogP contribution < -0.4 is 10.2 Å². The van der Waals surface area contributed by atoms with Gasteiger partial charge in [0, 0.05) is 61.0 Å². The van der Waals surface area contributed by atoms with E-state index in [2.05, 4.69) is 278 Å². The molecule has 0 aliphatic heterocycles. The van der Waals surface area contributed by atoms with Crippen LogP contribution in [0.1, 0.15) is 119 Å². The maximum atomic E-state index is 4.78. The molecule has 3 nitrogen and oxygen atoms in total. The van der Waals surface area contributed by atoms with E-state index in [4.69, 9.17) is 6.58 Å². The lowest BCUT2D eigenvalue weighted by Crippen LogP contribution is -2.23. The van der Waals surface area contributed by atoms with E-state index in [1.807, 2.05) is 13.8 Å². The highest BCUT2D eigenvalue weighted by Gasteiger charge is 2.38. The summed E-state index contributed by atoms with van der Waals surface area (Å²) >= 11 is 0. The molecule has 8 aromatic carbocycles. The molecule has 0 bridgehead atoms. The third kappa shape index (κ3) is 8.33. The minimum atomic E-state index is -0.490. The first kappa shape index (κ1) is 49.7. The fourth-order valence-electron chi connectivity index (χ4n) is 11.7. The summed E-state index contributed by atoms with van der Waals surface area (Å²) in [5.41, 5.74) is 24.2. The average Bonchev–Trinajstić information content (AvgIpc) is 3.82. The molecule has 1 aromatic heterocycles. The number of allylic oxidation sites excluding steroid dienone is 5. The smallest absolute Gasteiger partial charge is 0.0637 e. The molecule has 0 radical (unpaired) electrons. The summed E-state index contributed by atoms with van der Waals surface area (Å²) in [6.07, 6.45) is 11.4. The molecule has 1 heterocycles. The van der Waals surface area contributed by atoms with Crippen LogP contribution in [0, 0.1) is 19.3 Å². The Bertz CT molecular complexity index is 3730. The van der Waals surface area contributed by atoms with E-state index in [0.717, 1.165) is 50.8 Å². The predicted molar refractivity (Wildman–Crippen MR) is 322 cm³/mol. The Morgan fingerprint density at radius 2 is 1.23 bits per heavy atom.